The Labute approximate surface area is 188 Å². The van der Waals surface area contributed by atoms with Crippen LogP contribution in [0.25, 0.3) is 11.1 Å². The zero-order chi connectivity index (χ0) is 22.4. The Morgan fingerprint density at radius 1 is 1.12 bits per heavy atom. The summed E-state index contributed by atoms with van der Waals surface area (Å²) in [5, 5.41) is 6.29. The largest absolute Gasteiger partial charge is 0.497 e. The normalized spacial score (nSPS) is 16.4. The number of ether oxygens (including phenoxy) is 1. The van der Waals surface area contributed by atoms with Gasteiger partial charge in [0, 0.05) is 18.8 Å². The van der Waals surface area contributed by atoms with Gasteiger partial charge >= 0.3 is 0 Å². The third-order valence-electron chi connectivity index (χ3n) is 6.25. The Kier molecular flexibility index (Phi) is 6.95. The van der Waals surface area contributed by atoms with Crippen molar-refractivity contribution in [3.8, 4) is 5.75 Å². The number of aromatic nitrogens is 1. The summed E-state index contributed by atoms with van der Waals surface area (Å²) in [6.07, 6.45) is 6.33. The van der Waals surface area contributed by atoms with Crippen molar-refractivity contribution in [2.24, 2.45) is 11.7 Å². The Morgan fingerprint density at radius 2 is 1.88 bits per heavy atom. The zero-order valence-corrected chi connectivity index (χ0v) is 18.6. The molecule has 1 saturated carbocycles. The van der Waals surface area contributed by atoms with E-state index in [9.17, 15) is 4.79 Å². The summed E-state index contributed by atoms with van der Waals surface area (Å²) in [5.41, 5.74) is 7.81. The number of anilines is 1. The quantitative estimate of drug-likeness (QED) is 0.435. The molecule has 1 amide bonds. The Bertz CT molecular complexity index is 994. The number of methoxy groups -OCH3 is 1. The number of benzene rings is 2. The fourth-order valence-electron chi connectivity index (χ4n) is 4.44. The molecule has 0 unspecified atom stereocenters. The van der Waals surface area contributed by atoms with Crippen molar-refractivity contribution in [2.45, 2.75) is 44.1 Å². The molecular weight excluding hydrogens is 404 g/mol. The Morgan fingerprint density at radius 3 is 2.59 bits per heavy atom. The van der Waals surface area contributed by atoms with E-state index in [4.69, 9.17) is 14.9 Å². The number of oxazole rings is 1. The van der Waals surface area contributed by atoms with Crippen LogP contribution < -0.4 is 21.1 Å². The minimum atomic E-state index is -1.29. The first-order valence-electron chi connectivity index (χ1n) is 11.4. The van der Waals surface area contributed by atoms with Crippen molar-refractivity contribution in [2.75, 3.05) is 25.5 Å². The summed E-state index contributed by atoms with van der Waals surface area (Å²) in [6.45, 7) is 1.01. The van der Waals surface area contributed by atoms with Crippen molar-refractivity contribution in [1.82, 2.24) is 10.3 Å². The molecule has 0 bridgehead atoms. The predicted molar refractivity (Wildman–Crippen MR) is 126 cm³/mol. The van der Waals surface area contributed by atoms with Gasteiger partial charge in [-0.15, -0.1) is 0 Å². The molecule has 4 N–H and O–H groups in total. The lowest BCUT2D eigenvalue weighted by Crippen LogP contribution is -2.53. The van der Waals surface area contributed by atoms with Crippen molar-refractivity contribution < 1.29 is 13.9 Å². The van der Waals surface area contributed by atoms with E-state index in [0.29, 0.717) is 36.9 Å². The number of amides is 1. The van der Waals surface area contributed by atoms with Gasteiger partial charge in [-0.1, -0.05) is 44.2 Å². The van der Waals surface area contributed by atoms with E-state index in [1.54, 1.807) is 7.11 Å². The number of nitrogens with one attached hydrogen (secondary N) is 2. The third-order valence-corrected chi connectivity index (χ3v) is 6.25. The van der Waals surface area contributed by atoms with Gasteiger partial charge in [-0.3, -0.25) is 4.79 Å². The van der Waals surface area contributed by atoms with Crippen molar-refractivity contribution in [3.63, 3.8) is 0 Å². The lowest BCUT2D eigenvalue weighted by molar-refractivity contribution is -0.128. The average molecular weight is 437 g/mol. The van der Waals surface area contributed by atoms with Gasteiger partial charge in [-0.05, 0) is 48.7 Å². The molecule has 32 heavy (non-hydrogen) atoms. The van der Waals surface area contributed by atoms with Gasteiger partial charge in [-0.25, -0.2) is 4.98 Å². The molecule has 0 spiro atoms. The highest BCUT2D eigenvalue weighted by atomic mass is 16.5. The fourth-order valence-corrected chi connectivity index (χ4v) is 4.44. The second kappa shape index (κ2) is 10.0. The number of nitrogens with two attached hydrogens (primary N) is 1. The van der Waals surface area contributed by atoms with Crippen LogP contribution in [0.1, 0.15) is 44.4 Å². The highest BCUT2D eigenvalue weighted by molar-refractivity contribution is 5.87. The van der Waals surface area contributed by atoms with Crippen LogP contribution in [-0.4, -0.2) is 31.1 Å². The van der Waals surface area contributed by atoms with Crippen LogP contribution in [-0.2, 0) is 10.3 Å². The summed E-state index contributed by atoms with van der Waals surface area (Å²) in [6, 6.07) is 15.2. The number of carbonyl (C=O) groups is 1. The van der Waals surface area contributed by atoms with Crippen molar-refractivity contribution in [3.05, 3.63) is 54.4 Å². The van der Waals surface area contributed by atoms with Gasteiger partial charge in [-0.2, -0.15) is 0 Å². The van der Waals surface area contributed by atoms with Gasteiger partial charge in [0.1, 0.15) is 11.3 Å². The van der Waals surface area contributed by atoms with E-state index in [1.807, 2.05) is 48.5 Å². The third kappa shape index (κ3) is 5.05. The van der Waals surface area contributed by atoms with E-state index in [1.165, 1.54) is 19.3 Å². The minimum absolute atomic E-state index is 0.244. The molecule has 1 fully saturated rings. The second-order valence-electron chi connectivity index (χ2n) is 8.58. The molecule has 0 aliphatic heterocycles. The molecule has 2 aromatic carbocycles. The monoisotopic (exact) mass is 436 g/mol. The lowest BCUT2D eigenvalue weighted by atomic mass is 9.79. The van der Waals surface area contributed by atoms with E-state index >= 15 is 0 Å². The first-order valence-corrected chi connectivity index (χ1v) is 11.4. The topological polar surface area (TPSA) is 102 Å². The summed E-state index contributed by atoms with van der Waals surface area (Å²) in [7, 11) is 1.64. The van der Waals surface area contributed by atoms with Crippen LogP contribution in [0.2, 0.25) is 0 Å². The molecule has 170 valence electrons. The fraction of sp³-hybridized carbons (Fsp3) is 0.440. The van der Waals surface area contributed by atoms with Crippen LogP contribution in [0, 0.1) is 5.92 Å². The molecule has 7 heteroatoms. The SMILES string of the molecule is COc1ccc(NCCNC(=O)[C@@](N)(CC2CCCCC2)c2nc3ccccc3o2)cc1. The summed E-state index contributed by atoms with van der Waals surface area (Å²) in [4.78, 5) is 17.9. The van der Waals surface area contributed by atoms with Gasteiger partial charge in [0.15, 0.2) is 11.1 Å². The van der Waals surface area contributed by atoms with Crippen LogP contribution in [0.3, 0.4) is 0 Å². The minimum Gasteiger partial charge on any atom is -0.497 e. The van der Waals surface area contributed by atoms with Crippen LogP contribution in [0.15, 0.2) is 52.9 Å². The van der Waals surface area contributed by atoms with E-state index < -0.39 is 5.54 Å². The average Bonchev–Trinajstić information content (AvgIpc) is 3.28. The maximum absolute atomic E-state index is 13.3. The molecular formula is C25H32N4O3. The maximum atomic E-state index is 13.3. The number of para-hydroxylation sites is 2. The van der Waals surface area contributed by atoms with Crippen LogP contribution in [0.4, 0.5) is 5.69 Å². The maximum Gasteiger partial charge on any atom is 0.249 e. The molecule has 1 aromatic heterocycles. The summed E-state index contributed by atoms with van der Waals surface area (Å²) in [5.74, 6) is 1.25. The number of hydrogen-bond acceptors (Lipinski definition) is 6. The Balaban J connectivity index is 1.43. The number of carbonyl (C=O) groups excluding carboxylic acids is 1. The molecule has 4 rings (SSSR count). The van der Waals surface area contributed by atoms with Gasteiger partial charge < -0.3 is 25.5 Å². The zero-order valence-electron chi connectivity index (χ0n) is 18.6. The van der Waals surface area contributed by atoms with Crippen molar-refractivity contribution in [1.29, 1.82) is 0 Å². The first kappa shape index (κ1) is 22.1. The molecule has 0 radical (unpaired) electrons. The Hall–Kier alpha value is -3.06. The van der Waals surface area contributed by atoms with E-state index in [2.05, 4.69) is 15.6 Å². The summed E-state index contributed by atoms with van der Waals surface area (Å²) < 4.78 is 11.1. The molecule has 1 aliphatic rings. The molecule has 7 nitrogen and oxygen atoms in total. The smallest absolute Gasteiger partial charge is 0.249 e. The van der Waals surface area contributed by atoms with E-state index in [0.717, 1.165) is 29.8 Å². The highest BCUT2D eigenvalue weighted by Crippen LogP contribution is 2.35. The summed E-state index contributed by atoms with van der Waals surface area (Å²) >= 11 is 0. The number of hydrogen-bond donors (Lipinski definition) is 3. The number of fused-ring (bicyclic) bond motifs is 1. The molecule has 0 saturated heterocycles. The number of nitrogens with zero attached hydrogens (tertiary/aromatic N) is 1. The lowest BCUT2D eigenvalue weighted by Gasteiger charge is -2.31. The first-order chi connectivity index (χ1) is 15.6. The highest BCUT2D eigenvalue weighted by Gasteiger charge is 2.43. The van der Waals surface area contributed by atoms with Crippen LogP contribution in [0.5, 0.6) is 5.75 Å². The van der Waals surface area contributed by atoms with E-state index in [-0.39, 0.29) is 5.91 Å². The molecule has 1 atom stereocenters. The number of rotatable bonds is 9. The molecule has 3 aromatic rings. The predicted octanol–water partition coefficient (Wildman–Crippen LogP) is 4.19. The van der Waals surface area contributed by atoms with Crippen LogP contribution >= 0.6 is 0 Å². The van der Waals surface area contributed by atoms with Gasteiger partial charge in [0.25, 0.3) is 0 Å². The van der Waals surface area contributed by atoms with Gasteiger partial charge in [0.2, 0.25) is 11.8 Å². The van der Waals surface area contributed by atoms with Gasteiger partial charge in [0.05, 0.1) is 7.11 Å². The standard InChI is InChI=1S/C25H32N4O3/c1-31-20-13-11-19(12-14-20)27-15-16-28-23(30)25(26,17-18-7-3-2-4-8-18)24-29-21-9-5-6-10-22(21)32-24/h5-6,9-14,18,27H,2-4,7-8,15-17,26H2,1H3,(H,28,30)/t25-/m0/s1. The van der Waals surface area contributed by atoms with Crippen molar-refractivity contribution >= 4 is 22.7 Å². The second-order valence-corrected chi connectivity index (χ2v) is 8.58. The molecule has 1 heterocycles. The molecule has 1 aliphatic carbocycles.